The molecule has 0 unspecified atom stereocenters. The Morgan fingerprint density at radius 2 is 0.820 bits per heavy atom. The highest BCUT2D eigenvalue weighted by Gasteiger charge is 2.61. The zero-order valence-electron chi connectivity index (χ0n) is 38.5. The number of alkyl halides is 2. The second-order valence-corrected chi connectivity index (χ2v) is 21.2. The number of ether oxygens (including phenoxy) is 1. The molecule has 4 saturated carbocycles. The van der Waals surface area contributed by atoms with E-state index < -0.39 is 57.3 Å². The molecule has 0 radical (unpaired) electrons. The van der Waals surface area contributed by atoms with Crippen molar-refractivity contribution < 1.29 is 31.1 Å². The van der Waals surface area contributed by atoms with Crippen LogP contribution in [-0.2, 0) is 4.74 Å². The highest BCUT2D eigenvalue weighted by Crippen LogP contribution is 2.63. The maximum Gasteiger partial charge on any atom is 0.188 e. The van der Waals surface area contributed by atoms with E-state index in [0.29, 0.717) is 37.5 Å². The number of allylic oxidation sites excluding steroid dienone is 4. The van der Waals surface area contributed by atoms with Gasteiger partial charge in [0, 0.05) is 10.8 Å². The second kappa shape index (κ2) is 23.1. The number of halogens is 6. The van der Waals surface area contributed by atoms with E-state index >= 15 is 26.3 Å². The summed E-state index contributed by atoms with van der Waals surface area (Å²) in [5.41, 5.74) is -6.97. The summed E-state index contributed by atoms with van der Waals surface area (Å²) in [5.74, 6) is -6.04. The molecule has 6 aliphatic rings. The third-order valence-electron chi connectivity index (χ3n) is 17.5. The molecule has 0 N–H and O–H groups in total. The first-order valence-electron chi connectivity index (χ1n) is 26.0. The molecule has 0 heterocycles. The molecule has 7 heteroatoms. The van der Waals surface area contributed by atoms with Gasteiger partial charge in [0.25, 0.3) is 0 Å². The van der Waals surface area contributed by atoms with Crippen molar-refractivity contribution in [1.82, 2.24) is 0 Å². The number of unbranched alkanes of at least 4 members (excludes halogenated alkanes) is 10. The monoisotopic (exact) mass is 863 g/mol. The van der Waals surface area contributed by atoms with Gasteiger partial charge in [0.1, 0.15) is 11.7 Å². The van der Waals surface area contributed by atoms with E-state index in [0.717, 1.165) is 89.9 Å². The van der Waals surface area contributed by atoms with E-state index in [9.17, 15) is 0 Å². The predicted octanol–water partition coefficient (Wildman–Crippen LogP) is 18.1. The van der Waals surface area contributed by atoms with Crippen molar-refractivity contribution in [1.29, 1.82) is 0 Å². The van der Waals surface area contributed by atoms with Gasteiger partial charge in [0.05, 0.1) is 25.0 Å². The highest BCUT2D eigenvalue weighted by molar-refractivity contribution is 5.37. The second-order valence-electron chi connectivity index (χ2n) is 21.2. The topological polar surface area (TPSA) is 9.23 Å². The lowest BCUT2D eigenvalue weighted by Crippen LogP contribution is -2.52. The van der Waals surface area contributed by atoms with E-state index in [4.69, 9.17) is 4.74 Å². The molecular weight excluding hydrogens is 779 g/mol. The van der Waals surface area contributed by atoms with E-state index in [2.05, 4.69) is 13.8 Å². The molecule has 0 spiro atoms. The van der Waals surface area contributed by atoms with Crippen LogP contribution in [0.3, 0.4) is 0 Å². The number of rotatable bonds is 22. The molecule has 0 bridgehead atoms. The first-order valence-corrected chi connectivity index (χ1v) is 26.0. The summed E-state index contributed by atoms with van der Waals surface area (Å²) in [6, 6.07) is 0. The summed E-state index contributed by atoms with van der Waals surface area (Å²) >= 11 is 0. The standard InChI is InChI=1S/C54H84F6O/c1-3-5-7-9-11-15-21-41-23-27-45(28-24-41)51(33-17-13-18-34-51)53(59)37-31-43(47(55)49(53)57)39-61-40-44-32-38-54(60,50(58)48(44)56)52(35-19-14-20-36-52)46-29-25-42(26-30-46)22-16-12-10-8-6-4-2/h31-32,37-38,41-46H,3-30,33-36,39-40H2,1-2H3/t41-,42-,43-,44-,45-,46-,53+,54+/m0/s1. The smallest absolute Gasteiger partial charge is 0.188 e. The summed E-state index contributed by atoms with van der Waals surface area (Å²) < 4.78 is 105. The van der Waals surface area contributed by atoms with Crippen molar-refractivity contribution in [3.8, 4) is 0 Å². The van der Waals surface area contributed by atoms with Crippen LogP contribution in [0.4, 0.5) is 26.3 Å². The van der Waals surface area contributed by atoms with E-state index in [1.165, 1.54) is 114 Å². The van der Waals surface area contributed by atoms with Crippen molar-refractivity contribution in [2.24, 2.45) is 46.3 Å². The molecule has 0 aromatic rings. The van der Waals surface area contributed by atoms with Gasteiger partial charge in [-0.25, -0.2) is 26.3 Å². The normalized spacial score (nSPS) is 34.3. The van der Waals surface area contributed by atoms with Gasteiger partial charge in [-0.05, 0) is 87.2 Å². The van der Waals surface area contributed by atoms with Gasteiger partial charge in [-0.2, -0.15) is 0 Å². The van der Waals surface area contributed by atoms with E-state index in [1.807, 2.05) is 0 Å². The minimum atomic E-state index is -2.51. The minimum absolute atomic E-state index is 0.00217. The molecule has 6 aliphatic carbocycles. The van der Waals surface area contributed by atoms with Crippen molar-refractivity contribution in [3.63, 3.8) is 0 Å². The fourth-order valence-electron chi connectivity index (χ4n) is 13.8. The Balaban J connectivity index is 1.04. The zero-order chi connectivity index (χ0) is 43.4. The van der Waals surface area contributed by atoms with Crippen LogP contribution in [0.25, 0.3) is 0 Å². The van der Waals surface area contributed by atoms with Crippen molar-refractivity contribution in [3.05, 3.63) is 47.6 Å². The van der Waals surface area contributed by atoms with E-state index in [1.54, 1.807) is 0 Å². The molecule has 0 aromatic carbocycles. The Morgan fingerprint density at radius 3 is 1.18 bits per heavy atom. The number of hydrogen-bond donors (Lipinski definition) is 0. The maximum atomic E-state index is 17.4. The molecule has 6 rings (SSSR count). The van der Waals surface area contributed by atoms with Crippen molar-refractivity contribution in [2.75, 3.05) is 13.2 Å². The van der Waals surface area contributed by atoms with Crippen molar-refractivity contribution in [2.45, 2.75) is 231 Å². The van der Waals surface area contributed by atoms with Crippen LogP contribution in [-0.4, -0.2) is 24.6 Å². The number of hydrogen-bond acceptors (Lipinski definition) is 1. The summed E-state index contributed by atoms with van der Waals surface area (Å²) in [7, 11) is 0. The van der Waals surface area contributed by atoms with Crippen LogP contribution in [0, 0.1) is 46.3 Å². The molecule has 348 valence electrons. The molecule has 0 amide bonds. The van der Waals surface area contributed by atoms with E-state index in [-0.39, 0.29) is 25.0 Å². The van der Waals surface area contributed by atoms with Gasteiger partial charge in [-0.1, -0.05) is 180 Å². The lowest BCUT2D eigenvalue weighted by atomic mass is 9.53. The average molecular weight is 863 g/mol. The summed E-state index contributed by atoms with van der Waals surface area (Å²) in [4.78, 5) is 0. The predicted molar refractivity (Wildman–Crippen MR) is 240 cm³/mol. The van der Waals surface area contributed by atoms with Gasteiger partial charge in [0.2, 0.25) is 0 Å². The third kappa shape index (κ3) is 11.0. The lowest BCUT2D eigenvalue weighted by molar-refractivity contribution is -0.0619. The zero-order valence-corrected chi connectivity index (χ0v) is 38.5. The molecule has 61 heavy (non-hydrogen) atoms. The summed E-state index contributed by atoms with van der Waals surface area (Å²) in [5, 5.41) is 0. The van der Waals surface area contributed by atoms with Crippen LogP contribution in [0.5, 0.6) is 0 Å². The lowest BCUT2D eigenvalue weighted by Gasteiger charge is -2.53. The first kappa shape index (κ1) is 48.9. The summed E-state index contributed by atoms with van der Waals surface area (Å²) in [6.07, 6.45) is 37.9. The molecule has 0 saturated heterocycles. The van der Waals surface area contributed by atoms with Gasteiger partial charge in [0.15, 0.2) is 23.0 Å². The van der Waals surface area contributed by atoms with Crippen LogP contribution in [0.15, 0.2) is 47.6 Å². The Hall–Kier alpha value is -1.50. The molecule has 4 atom stereocenters. The Bertz CT molecular complexity index is 1350. The fourth-order valence-corrected chi connectivity index (χ4v) is 13.8. The first-order chi connectivity index (χ1) is 29.5. The van der Waals surface area contributed by atoms with Gasteiger partial charge >= 0.3 is 0 Å². The molecule has 1 nitrogen and oxygen atoms in total. The summed E-state index contributed by atoms with van der Waals surface area (Å²) in [6.45, 7) is 3.79. The SMILES string of the molecule is CCCCCCCC[C@H]1CC[C@H](C2([C@@]3(F)C=C[C@@H](COC[C@@H]4C=C[C@](F)(C5([C@H]6CC[C@H](CCCCCCCC)CC6)CCCCC5)C(F)=C4F)C(F)=C3F)CCCCC2)CC1. The van der Waals surface area contributed by atoms with Crippen LogP contribution >= 0.6 is 0 Å². The Kier molecular flexibility index (Phi) is 18.5. The Morgan fingerprint density at radius 1 is 0.475 bits per heavy atom. The van der Waals surface area contributed by atoms with Crippen LogP contribution in [0.2, 0.25) is 0 Å². The molecular formula is C54H84F6O. The molecule has 0 aromatic heterocycles. The van der Waals surface area contributed by atoms with Gasteiger partial charge in [-0.3, -0.25) is 0 Å². The molecule has 0 aliphatic heterocycles. The fraction of sp³-hybridized carbons (Fsp3) is 0.852. The average Bonchev–Trinajstić information content (AvgIpc) is 3.29. The van der Waals surface area contributed by atoms with Gasteiger partial charge in [-0.15, -0.1) is 0 Å². The molecule has 4 fully saturated rings. The highest BCUT2D eigenvalue weighted by atomic mass is 19.2. The third-order valence-corrected chi connectivity index (χ3v) is 17.5. The van der Waals surface area contributed by atoms with Crippen molar-refractivity contribution >= 4 is 0 Å². The quantitative estimate of drug-likeness (QED) is 0.0599. The maximum absolute atomic E-state index is 17.4. The largest absolute Gasteiger partial charge is 0.379 e. The van der Waals surface area contributed by atoms with Crippen LogP contribution in [0.1, 0.15) is 219 Å². The minimum Gasteiger partial charge on any atom is -0.379 e. The Labute approximate surface area is 367 Å². The van der Waals surface area contributed by atoms with Gasteiger partial charge < -0.3 is 4.74 Å². The van der Waals surface area contributed by atoms with Crippen LogP contribution < -0.4 is 0 Å².